The van der Waals surface area contributed by atoms with Gasteiger partial charge in [-0.05, 0) is 26.7 Å². The third-order valence-corrected chi connectivity index (χ3v) is 4.07. The minimum Gasteiger partial charge on any atom is -0.394 e. The van der Waals surface area contributed by atoms with Gasteiger partial charge < -0.3 is 10.4 Å². The molecule has 0 radical (unpaired) electrons. The van der Waals surface area contributed by atoms with Crippen LogP contribution in [0.2, 0.25) is 0 Å². The molecule has 0 atom stereocenters. The summed E-state index contributed by atoms with van der Waals surface area (Å²) < 4.78 is 1.61. The van der Waals surface area contributed by atoms with Crippen LogP contribution in [-0.2, 0) is 6.54 Å². The molecule has 0 spiro atoms. The molecule has 1 aromatic heterocycles. The summed E-state index contributed by atoms with van der Waals surface area (Å²) in [5.74, 6) is 0.422. The van der Waals surface area contributed by atoms with Crippen LogP contribution in [0.5, 0.6) is 0 Å². The molecule has 20 heavy (non-hydrogen) atoms. The second-order valence-corrected chi connectivity index (χ2v) is 5.48. The summed E-state index contributed by atoms with van der Waals surface area (Å²) in [5.41, 5.74) is -0.0314. The van der Waals surface area contributed by atoms with Crippen molar-refractivity contribution < 1.29 is 10.0 Å². The van der Waals surface area contributed by atoms with Crippen molar-refractivity contribution in [3.05, 3.63) is 15.8 Å². The standard InChI is InChI=1S/C13H22N4O3/c1-3-16-12(11(17(19)20)10(2)15-16)14-13(9-18)7-5-4-6-8-13/h14,18H,3-9H2,1-2H3. The van der Waals surface area contributed by atoms with Crippen LogP contribution in [0.15, 0.2) is 0 Å². The van der Waals surface area contributed by atoms with E-state index in [0.29, 0.717) is 18.1 Å². The highest BCUT2D eigenvalue weighted by Crippen LogP contribution is 2.36. The van der Waals surface area contributed by atoms with Crippen molar-refractivity contribution in [1.29, 1.82) is 0 Å². The number of nitro groups is 1. The van der Waals surface area contributed by atoms with E-state index in [1.807, 2.05) is 6.92 Å². The Morgan fingerprint density at radius 2 is 2.10 bits per heavy atom. The summed E-state index contributed by atoms with van der Waals surface area (Å²) in [5, 5.41) is 28.5. The highest BCUT2D eigenvalue weighted by Gasteiger charge is 2.36. The zero-order chi connectivity index (χ0) is 14.8. The zero-order valence-corrected chi connectivity index (χ0v) is 12.1. The van der Waals surface area contributed by atoms with Crippen molar-refractivity contribution in [1.82, 2.24) is 9.78 Å². The summed E-state index contributed by atoms with van der Waals surface area (Å²) in [7, 11) is 0. The number of rotatable bonds is 5. The summed E-state index contributed by atoms with van der Waals surface area (Å²) >= 11 is 0. The highest BCUT2D eigenvalue weighted by atomic mass is 16.6. The first-order valence-electron chi connectivity index (χ1n) is 7.14. The predicted molar refractivity (Wildman–Crippen MR) is 75.8 cm³/mol. The number of aryl methyl sites for hydroxylation is 2. The van der Waals surface area contributed by atoms with Gasteiger partial charge >= 0.3 is 5.69 Å². The molecule has 0 saturated heterocycles. The first-order chi connectivity index (χ1) is 9.53. The van der Waals surface area contributed by atoms with Crippen LogP contribution < -0.4 is 5.32 Å². The normalized spacial score (nSPS) is 17.9. The molecule has 0 aliphatic heterocycles. The number of hydrogen-bond donors (Lipinski definition) is 2. The molecule has 1 heterocycles. The van der Waals surface area contributed by atoms with Gasteiger partial charge in [0, 0.05) is 6.54 Å². The van der Waals surface area contributed by atoms with E-state index in [2.05, 4.69) is 10.4 Å². The maximum Gasteiger partial charge on any atom is 0.333 e. The molecule has 112 valence electrons. The van der Waals surface area contributed by atoms with Crippen LogP contribution >= 0.6 is 0 Å². The molecular formula is C13H22N4O3. The molecule has 1 aliphatic carbocycles. The lowest BCUT2D eigenvalue weighted by molar-refractivity contribution is -0.384. The summed E-state index contributed by atoms with van der Waals surface area (Å²) in [6, 6.07) is 0. The second kappa shape index (κ2) is 5.78. The Morgan fingerprint density at radius 3 is 2.60 bits per heavy atom. The number of anilines is 1. The molecule has 2 rings (SSSR count). The Bertz CT molecular complexity index is 492. The fourth-order valence-electron chi connectivity index (χ4n) is 2.95. The van der Waals surface area contributed by atoms with E-state index in [1.165, 1.54) is 0 Å². The van der Waals surface area contributed by atoms with Gasteiger partial charge in [0.15, 0.2) is 0 Å². The van der Waals surface area contributed by atoms with Crippen LogP contribution in [0, 0.1) is 17.0 Å². The molecule has 1 aliphatic rings. The summed E-state index contributed by atoms with van der Waals surface area (Å²) in [4.78, 5) is 10.9. The lowest BCUT2D eigenvalue weighted by Gasteiger charge is -2.37. The zero-order valence-electron chi connectivity index (χ0n) is 12.1. The second-order valence-electron chi connectivity index (χ2n) is 5.48. The van der Waals surface area contributed by atoms with Gasteiger partial charge in [-0.15, -0.1) is 0 Å². The Hall–Kier alpha value is -1.63. The molecular weight excluding hydrogens is 260 g/mol. The van der Waals surface area contributed by atoms with E-state index >= 15 is 0 Å². The molecule has 0 amide bonds. The number of aliphatic hydroxyl groups excluding tert-OH is 1. The van der Waals surface area contributed by atoms with Crippen LogP contribution in [0.1, 0.15) is 44.7 Å². The number of nitrogens with one attached hydrogen (secondary N) is 1. The predicted octanol–water partition coefficient (Wildman–Crippen LogP) is 2.23. The Labute approximate surface area is 118 Å². The molecule has 1 fully saturated rings. The van der Waals surface area contributed by atoms with Gasteiger partial charge in [0.25, 0.3) is 0 Å². The smallest absolute Gasteiger partial charge is 0.333 e. The first-order valence-corrected chi connectivity index (χ1v) is 7.14. The van der Waals surface area contributed by atoms with Crippen LogP contribution in [0.25, 0.3) is 0 Å². The summed E-state index contributed by atoms with van der Waals surface area (Å²) in [6.07, 6.45) is 4.86. The lowest BCUT2D eigenvalue weighted by Crippen LogP contribution is -2.44. The third-order valence-electron chi connectivity index (χ3n) is 4.07. The quantitative estimate of drug-likeness (QED) is 0.638. The van der Waals surface area contributed by atoms with Crippen molar-refractivity contribution in [3.63, 3.8) is 0 Å². The van der Waals surface area contributed by atoms with E-state index in [0.717, 1.165) is 32.1 Å². The first kappa shape index (κ1) is 14.8. The van der Waals surface area contributed by atoms with Gasteiger partial charge in [0.05, 0.1) is 17.1 Å². The van der Waals surface area contributed by atoms with E-state index in [-0.39, 0.29) is 12.3 Å². The van der Waals surface area contributed by atoms with Crippen LogP contribution in [0.4, 0.5) is 11.5 Å². The average Bonchev–Trinajstić information content (AvgIpc) is 2.75. The van der Waals surface area contributed by atoms with E-state index in [9.17, 15) is 15.2 Å². The Morgan fingerprint density at radius 1 is 1.45 bits per heavy atom. The van der Waals surface area contributed by atoms with Gasteiger partial charge in [-0.25, -0.2) is 4.68 Å². The topological polar surface area (TPSA) is 93.2 Å². The molecule has 0 aromatic carbocycles. The lowest BCUT2D eigenvalue weighted by atomic mass is 9.82. The van der Waals surface area contributed by atoms with Crippen molar-refractivity contribution >= 4 is 11.5 Å². The minimum absolute atomic E-state index is 0.0158. The Kier molecular flexibility index (Phi) is 4.27. The van der Waals surface area contributed by atoms with Gasteiger partial charge in [-0.3, -0.25) is 10.1 Å². The largest absolute Gasteiger partial charge is 0.394 e. The van der Waals surface area contributed by atoms with Crippen LogP contribution in [-0.4, -0.2) is 32.0 Å². The molecule has 0 unspecified atom stereocenters. The van der Waals surface area contributed by atoms with Gasteiger partial charge in [-0.2, -0.15) is 5.10 Å². The van der Waals surface area contributed by atoms with Crippen LogP contribution in [0.3, 0.4) is 0 Å². The van der Waals surface area contributed by atoms with Crippen molar-refractivity contribution in [2.45, 2.75) is 58.0 Å². The number of aromatic nitrogens is 2. The fourth-order valence-corrected chi connectivity index (χ4v) is 2.95. The Balaban J connectivity index is 2.38. The number of aliphatic hydroxyl groups is 1. The third kappa shape index (κ3) is 2.63. The van der Waals surface area contributed by atoms with Gasteiger partial charge in [0.2, 0.25) is 5.82 Å². The number of hydrogen-bond acceptors (Lipinski definition) is 5. The minimum atomic E-state index is -0.456. The van der Waals surface area contributed by atoms with Crippen molar-refractivity contribution in [3.8, 4) is 0 Å². The molecule has 7 nitrogen and oxygen atoms in total. The monoisotopic (exact) mass is 282 g/mol. The van der Waals surface area contributed by atoms with Gasteiger partial charge in [-0.1, -0.05) is 19.3 Å². The highest BCUT2D eigenvalue weighted by molar-refractivity contribution is 5.61. The summed E-state index contributed by atoms with van der Waals surface area (Å²) in [6.45, 7) is 4.08. The maximum atomic E-state index is 11.3. The molecule has 2 N–H and O–H groups in total. The van der Waals surface area contributed by atoms with Crippen molar-refractivity contribution in [2.75, 3.05) is 11.9 Å². The van der Waals surface area contributed by atoms with E-state index in [4.69, 9.17) is 0 Å². The molecule has 1 aromatic rings. The number of nitrogens with zero attached hydrogens (tertiary/aromatic N) is 3. The SMILES string of the molecule is CCn1nc(C)c([N+](=O)[O-])c1NC1(CO)CCCCC1. The maximum absolute atomic E-state index is 11.3. The molecule has 7 heteroatoms. The molecule has 1 saturated carbocycles. The van der Waals surface area contributed by atoms with Gasteiger partial charge in [0.1, 0.15) is 5.69 Å². The van der Waals surface area contributed by atoms with E-state index < -0.39 is 10.5 Å². The van der Waals surface area contributed by atoms with E-state index in [1.54, 1.807) is 11.6 Å². The fraction of sp³-hybridized carbons (Fsp3) is 0.769. The van der Waals surface area contributed by atoms with Crippen molar-refractivity contribution in [2.24, 2.45) is 0 Å². The molecule has 0 bridgehead atoms. The average molecular weight is 282 g/mol.